The van der Waals surface area contributed by atoms with Gasteiger partial charge in [-0.05, 0) is 67.0 Å². The van der Waals surface area contributed by atoms with Gasteiger partial charge in [-0.2, -0.15) is 0 Å². The fourth-order valence-electron chi connectivity index (χ4n) is 4.16. The van der Waals surface area contributed by atoms with Gasteiger partial charge in [-0.3, -0.25) is 4.79 Å². The third kappa shape index (κ3) is 3.86. The number of hydrogen-bond acceptors (Lipinski definition) is 3. The molecule has 27 heavy (non-hydrogen) atoms. The third-order valence-corrected chi connectivity index (χ3v) is 5.87. The van der Waals surface area contributed by atoms with Crippen LogP contribution in [0.25, 0.3) is 0 Å². The number of carbonyl (C=O) groups excluding carboxylic acids is 1. The molecule has 1 aliphatic heterocycles. The summed E-state index contributed by atoms with van der Waals surface area (Å²) in [6, 6.07) is 12.4. The van der Waals surface area contributed by atoms with E-state index in [0.717, 1.165) is 48.3 Å². The molecule has 2 N–H and O–H groups in total. The Morgan fingerprint density at radius 2 is 2.04 bits per heavy atom. The summed E-state index contributed by atoms with van der Waals surface area (Å²) in [5.74, 6) is 1.27. The smallest absolute Gasteiger partial charge is 0.224 e. The van der Waals surface area contributed by atoms with E-state index in [0.29, 0.717) is 6.42 Å². The average Bonchev–Trinajstić information content (AvgIpc) is 3.08. The SMILES string of the molecule is Cc1ccc(C)c(CC(=O)N[C@@H](c2ccc3c(c2)CCO3)C2CC(O)C2)c1. The van der Waals surface area contributed by atoms with Crippen molar-refractivity contribution in [1.82, 2.24) is 5.32 Å². The number of aryl methyl sites for hydroxylation is 2. The van der Waals surface area contributed by atoms with Crippen molar-refractivity contribution >= 4 is 5.91 Å². The van der Waals surface area contributed by atoms with E-state index in [-0.39, 0.29) is 24.0 Å². The molecule has 2 aliphatic rings. The Kier molecular flexibility index (Phi) is 4.92. The Morgan fingerprint density at radius 3 is 2.81 bits per heavy atom. The van der Waals surface area contributed by atoms with Gasteiger partial charge in [0.1, 0.15) is 5.75 Å². The molecule has 4 rings (SSSR count). The van der Waals surface area contributed by atoms with Gasteiger partial charge in [0.2, 0.25) is 5.91 Å². The molecule has 0 saturated heterocycles. The summed E-state index contributed by atoms with van der Waals surface area (Å²) in [7, 11) is 0. The third-order valence-electron chi connectivity index (χ3n) is 5.87. The van der Waals surface area contributed by atoms with E-state index in [1.807, 2.05) is 19.9 Å². The molecule has 1 atom stereocenters. The lowest BCUT2D eigenvalue weighted by Gasteiger charge is -2.38. The van der Waals surface area contributed by atoms with Crippen LogP contribution in [0.5, 0.6) is 5.75 Å². The molecular formula is C23H27NO3. The van der Waals surface area contributed by atoms with Gasteiger partial charge in [0.05, 0.1) is 25.2 Å². The highest BCUT2D eigenvalue weighted by atomic mass is 16.5. The van der Waals surface area contributed by atoms with Crippen LogP contribution in [0.3, 0.4) is 0 Å². The van der Waals surface area contributed by atoms with Crippen molar-refractivity contribution in [3.8, 4) is 5.75 Å². The molecule has 4 nitrogen and oxygen atoms in total. The number of rotatable bonds is 5. The summed E-state index contributed by atoms with van der Waals surface area (Å²) in [4.78, 5) is 12.8. The van der Waals surface area contributed by atoms with E-state index >= 15 is 0 Å². The van der Waals surface area contributed by atoms with Crippen molar-refractivity contribution in [1.29, 1.82) is 0 Å². The number of amides is 1. The predicted molar refractivity (Wildman–Crippen MR) is 105 cm³/mol. The fourth-order valence-corrected chi connectivity index (χ4v) is 4.16. The molecule has 1 saturated carbocycles. The highest BCUT2D eigenvalue weighted by molar-refractivity contribution is 5.79. The zero-order chi connectivity index (χ0) is 19.0. The minimum atomic E-state index is -0.244. The van der Waals surface area contributed by atoms with E-state index < -0.39 is 0 Å². The number of aliphatic hydroxyl groups excluding tert-OH is 1. The van der Waals surface area contributed by atoms with Crippen LogP contribution < -0.4 is 10.1 Å². The fraction of sp³-hybridized carbons (Fsp3) is 0.435. The first kappa shape index (κ1) is 18.1. The summed E-state index contributed by atoms with van der Waals surface area (Å²) in [6.07, 6.45) is 2.53. The van der Waals surface area contributed by atoms with E-state index in [9.17, 15) is 9.90 Å². The van der Waals surface area contributed by atoms with Crippen molar-refractivity contribution in [3.63, 3.8) is 0 Å². The molecule has 142 valence electrons. The Bertz CT molecular complexity index is 855. The van der Waals surface area contributed by atoms with Gasteiger partial charge in [-0.25, -0.2) is 0 Å². The van der Waals surface area contributed by atoms with E-state index in [1.54, 1.807) is 0 Å². The van der Waals surface area contributed by atoms with E-state index in [2.05, 4.69) is 35.6 Å². The second kappa shape index (κ2) is 7.35. The second-order valence-corrected chi connectivity index (χ2v) is 8.00. The largest absolute Gasteiger partial charge is 0.493 e. The maximum atomic E-state index is 12.8. The summed E-state index contributed by atoms with van der Waals surface area (Å²) < 4.78 is 5.61. The second-order valence-electron chi connectivity index (χ2n) is 8.00. The van der Waals surface area contributed by atoms with Gasteiger partial charge in [0, 0.05) is 6.42 Å². The van der Waals surface area contributed by atoms with Crippen molar-refractivity contribution in [2.24, 2.45) is 5.92 Å². The normalized spacial score (nSPS) is 21.7. The summed E-state index contributed by atoms with van der Waals surface area (Å²) in [5, 5.41) is 13.0. The van der Waals surface area contributed by atoms with Crippen molar-refractivity contribution in [2.45, 2.75) is 51.7 Å². The number of carbonyl (C=O) groups is 1. The van der Waals surface area contributed by atoms with Gasteiger partial charge in [0.15, 0.2) is 0 Å². The van der Waals surface area contributed by atoms with Crippen LogP contribution in [-0.2, 0) is 17.6 Å². The monoisotopic (exact) mass is 365 g/mol. The predicted octanol–water partition coefficient (Wildman–Crippen LogP) is 3.41. The first-order valence-corrected chi connectivity index (χ1v) is 9.79. The minimum Gasteiger partial charge on any atom is -0.493 e. The summed E-state index contributed by atoms with van der Waals surface area (Å²) in [5.41, 5.74) is 5.70. The number of nitrogens with one attached hydrogen (secondary N) is 1. The molecule has 0 spiro atoms. The Balaban J connectivity index is 1.53. The van der Waals surface area contributed by atoms with Gasteiger partial charge in [-0.1, -0.05) is 29.8 Å². The molecule has 2 aromatic rings. The van der Waals surface area contributed by atoms with Crippen LogP contribution >= 0.6 is 0 Å². The van der Waals surface area contributed by atoms with Crippen LogP contribution in [0.2, 0.25) is 0 Å². The molecule has 0 bridgehead atoms. The van der Waals surface area contributed by atoms with Crippen molar-refractivity contribution < 1.29 is 14.6 Å². The summed E-state index contributed by atoms with van der Waals surface area (Å²) in [6.45, 7) is 4.82. The zero-order valence-electron chi connectivity index (χ0n) is 16.0. The maximum Gasteiger partial charge on any atom is 0.224 e. The van der Waals surface area contributed by atoms with Crippen LogP contribution in [0.4, 0.5) is 0 Å². The van der Waals surface area contributed by atoms with Gasteiger partial charge in [-0.15, -0.1) is 0 Å². The molecule has 0 unspecified atom stereocenters. The maximum absolute atomic E-state index is 12.8. The molecule has 1 amide bonds. The quantitative estimate of drug-likeness (QED) is 0.854. The number of hydrogen-bond donors (Lipinski definition) is 2. The Morgan fingerprint density at radius 1 is 1.22 bits per heavy atom. The molecule has 0 radical (unpaired) electrons. The number of aliphatic hydroxyl groups is 1. The first-order valence-electron chi connectivity index (χ1n) is 9.79. The molecule has 1 heterocycles. The highest BCUT2D eigenvalue weighted by Crippen LogP contribution is 2.39. The highest BCUT2D eigenvalue weighted by Gasteiger charge is 2.36. The lowest BCUT2D eigenvalue weighted by molar-refractivity contribution is -0.122. The molecule has 1 aliphatic carbocycles. The van der Waals surface area contributed by atoms with Gasteiger partial charge >= 0.3 is 0 Å². The van der Waals surface area contributed by atoms with E-state index in [1.165, 1.54) is 11.1 Å². The average molecular weight is 365 g/mol. The Labute approximate surface area is 160 Å². The molecule has 4 heteroatoms. The van der Waals surface area contributed by atoms with Crippen molar-refractivity contribution in [2.75, 3.05) is 6.61 Å². The van der Waals surface area contributed by atoms with Gasteiger partial charge in [0.25, 0.3) is 0 Å². The minimum absolute atomic E-state index is 0.0341. The molecule has 1 fully saturated rings. The van der Waals surface area contributed by atoms with Gasteiger partial charge < -0.3 is 15.2 Å². The number of benzene rings is 2. The lowest BCUT2D eigenvalue weighted by atomic mass is 9.74. The zero-order valence-corrected chi connectivity index (χ0v) is 16.0. The number of fused-ring (bicyclic) bond motifs is 1. The number of ether oxygens (including phenoxy) is 1. The topological polar surface area (TPSA) is 58.6 Å². The lowest BCUT2D eigenvalue weighted by Crippen LogP contribution is -2.42. The summed E-state index contributed by atoms with van der Waals surface area (Å²) >= 11 is 0. The van der Waals surface area contributed by atoms with Crippen LogP contribution in [0.1, 0.15) is 46.7 Å². The standard InChI is InChI=1S/C23H27NO3/c1-14-3-4-15(2)18(9-14)13-22(26)24-23(19-11-20(25)12-19)17-5-6-21-16(10-17)7-8-27-21/h3-6,9-10,19-20,23,25H,7-8,11-13H2,1-2H3,(H,24,26)/t19?,20?,23-/m0/s1. The van der Waals surface area contributed by atoms with E-state index in [4.69, 9.17) is 4.74 Å². The van der Waals surface area contributed by atoms with Crippen LogP contribution in [0, 0.1) is 19.8 Å². The van der Waals surface area contributed by atoms with Crippen molar-refractivity contribution in [3.05, 3.63) is 64.2 Å². The molecule has 0 aromatic heterocycles. The first-order chi connectivity index (χ1) is 13.0. The molecular weight excluding hydrogens is 338 g/mol. The van der Waals surface area contributed by atoms with Crippen LogP contribution in [0.15, 0.2) is 36.4 Å². The van der Waals surface area contributed by atoms with Crippen LogP contribution in [-0.4, -0.2) is 23.7 Å². The Hall–Kier alpha value is -2.33. The molecule has 2 aromatic carbocycles.